The quantitative estimate of drug-likeness (QED) is 0.649. The van der Waals surface area contributed by atoms with Gasteiger partial charge in [-0.05, 0) is 38.2 Å². The van der Waals surface area contributed by atoms with Crippen LogP contribution in [0.3, 0.4) is 0 Å². The summed E-state index contributed by atoms with van der Waals surface area (Å²) in [5.74, 6) is -1.53. The third kappa shape index (κ3) is 4.13. The highest BCUT2D eigenvalue weighted by Crippen LogP contribution is 2.42. The Morgan fingerprint density at radius 3 is 2.78 bits per heavy atom. The third-order valence-electron chi connectivity index (χ3n) is 4.33. The molecule has 2 unspecified atom stereocenters. The lowest BCUT2D eigenvalue weighted by molar-refractivity contribution is -0.384. The number of para-hydroxylation sites is 1. The van der Waals surface area contributed by atoms with Gasteiger partial charge >= 0.3 is 6.18 Å². The highest BCUT2D eigenvalue weighted by molar-refractivity contribution is 5.66. The number of nitro benzene ring substituents is 1. The van der Waals surface area contributed by atoms with Crippen LogP contribution in [-0.4, -0.2) is 28.4 Å². The number of aryl methyl sites for hydroxylation is 1. The Labute approximate surface area is 131 Å². The molecule has 0 aliphatic heterocycles. The number of nitrogens with one attached hydrogen (secondary N) is 1. The van der Waals surface area contributed by atoms with Crippen molar-refractivity contribution in [1.29, 1.82) is 0 Å². The summed E-state index contributed by atoms with van der Waals surface area (Å²) in [4.78, 5) is 10.5. The average molecular weight is 332 g/mol. The van der Waals surface area contributed by atoms with E-state index in [4.69, 9.17) is 0 Å². The van der Waals surface area contributed by atoms with Crippen LogP contribution in [0.5, 0.6) is 0 Å². The van der Waals surface area contributed by atoms with Gasteiger partial charge in [0, 0.05) is 12.6 Å². The number of alkyl halides is 3. The smallest absolute Gasteiger partial charge is 0.388 e. The molecule has 1 saturated carbocycles. The first-order valence-electron chi connectivity index (χ1n) is 7.39. The minimum absolute atomic E-state index is 0.0102. The lowest BCUT2D eigenvalue weighted by atomic mass is 9.77. The Bertz CT molecular complexity index is 592. The molecule has 23 heavy (non-hydrogen) atoms. The van der Waals surface area contributed by atoms with Gasteiger partial charge in [0.25, 0.3) is 5.69 Å². The van der Waals surface area contributed by atoms with E-state index in [0.717, 1.165) is 0 Å². The molecule has 0 saturated heterocycles. The topological polar surface area (TPSA) is 75.4 Å². The molecule has 1 aromatic carbocycles. The van der Waals surface area contributed by atoms with Crippen LogP contribution in [0.2, 0.25) is 0 Å². The summed E-state index contributed by atoms with van der Waals surface area (Å²) in [6.45, 7) is 1.52. The van der Waals surface area contributed by atoms with Crippen LogP contribution in [0.25, 0.3) is 0 Å². The lowest BCUT2D eigenvalue weighted by Crippen LogP contribution is -2.45. The number of anilines is 1. The van der Waals surface area contributed by atoms with E-state index >= 15 is 0 Å². The molecule has 8 heteroatoms. The number of hydrogen-bond donors (Lipinski definition) is 2. The van der Waals surface area contributed by atoms with Crippen LogP contribution in [0.15, 0.2) is 18.2 Å². The average Bonchev–Trinajstić information content (AvgIpc) is 2.44. The Kier molecular flexibility index (Phi) is 4.84. The third-order valence-corrected chi connectivity index (χ3v) is 4.33. The first-order valence-corrected chi connectivity index (χ1v) is 7.39. The van der Waals surface area contributed by atoms with Gasteiger partial charge in [-0.15, -0.1) is 0 Å². The van der Waals surface area contributed by atoms with Crippen molar-refractivity contribution in [2.75, 3.05) is 11.9 Å². The molecule has 0 radical (unpaired) electrons. The zero-order chi connectivity index (χ0) is 17.3. The van der Waals surface area contributed by atoms with Crippen LogP contribution in [-0.2, 0) is 0 Å². The van der Waals surface area contributed by atoms with Crippen molar-refractivity contribution in [3.63, 3.8) is 0 Å². The molecule has 1 aliphatic rings. The number of nitrogens with zero attached hydrogens (tertiary/aromatic N) is 1. The van der Waals surface area contributed by atoms with E-state index in [1.54, 1.807) is 13.0 Å². The molecule has 2 N–H and O–H groups in total. The summed E-state index contributed by atoms with van der Waals surface area (Å²) in [5.41, 5.74) is -0.836. The maximum atomic E-state index is 12.9. The monoisotopic (exact) mass is 332 g/mol. The molecule has 2 rings (SSSR count). The van der Waals surface area contributed by atoms with Gasteiger partial charge < -0.3 is 10.4 Å². The predicted octanol–water partition coefficient (Wildman–Crippen LogP) is 3.80. The van der Waals surface area contributed by atoms with Gasteiger partial charge in [-0.2, -0.15) is 13.2 Å². The van der Waals surface area contributed by atoms with E-state index in [2.05, 4.69) is 5.32 Å². The zero-order valence-electron chi connectivity index (χ0n) is 12.7. The fourth-order valence-electron chi connectivity index (χ4n) is 3.07. The fraction of sp³-hybridized carbons (Fsp3) is 0.600. The van der Waals surface area contributed by atoms with E-state index < -0.39 is 22.6 Å². The molecule has 5 nitrogen and oxygen atoms in total. The highest BCUT2D eigenvalue weighted by atomic mass is 19.4. The largest absolute Gasteiger partial charge is 0.391 e. The maximum Gasteiger partial charge on any atom is 0.391 e. The van der Waals surface area contributed by atoms with Crippen molar-refractivity contribution in [2.45, 2.75) is 44.4 Å². The molecule has 1 aromatic rings. The maximum absolute atomic E-state index is 12.9. The minimum atomic E-state index is -4.33. The van der Waals surface area contributed by atoms with E-state index in [9.17, 15) is 28.4 Å². The van der Waals surface area contributed by atoms with Gasteiger partial charge in [0.2, 0.25) is 0 Å². The minimum Gasteiger partial charge on any atom is -0.388 e. The van der Waals surface area contributed by atoms with Crippen LogP contribution < -0.4 is 5.32 Å². The van der Waals surface area contributed by atoms with Crippen molar-refractivity contribution in [3.05, 3.63) is 33.9 Å². The second kappa shape index (κ2) is 6.35. The van der Waals surface area contributed by atoms with Gasteiger partial charge in [-0.1, -0.05) is 12.1 Å². The summed E-state index contributed by atoms with van der Waals surface area (Å²) in [6.07, 6.45) is -4.19. The van der Waals surface area contributed by atoms with Gasteiger partial charge in [0.05, 0.1) is 16.4 Å². The number of aliphatic hydroxyl groups is 1. The first-order chi connectivity index (χ1) is 10.6. The number of rotatable bonds is 4. The molecule has 1 fully saturated rings. The Morgan fingerprint density at radius 2 is 2.17 bits per heavy atom. The first kappa shape index (κ1) is 17.5. The molecule has 0 heterocycles. The molecule has 0 aromatic heterocycles. The van der Waals surface area contributed by atoms with Crippen molar-refractivity contribution in [2.24, 2.45) is 5.92 Å². The highest BCUT2D eigenvalue weighted by Gasteiger charge is 2.47. The summed E-state index contributed by atoms with van der Waals surface area (Å²) in [5, 5.41) is 24.3. The van der Waals surface area contributed by atoms with Gasteiger partial charge in [-0.3, -0.25) is 10.1 Å². The number of nitro groups is 1. The molecule has 0 bridgehead atoms. The molecule has 0 spiro atoms. The van der Waals surface area contributed by atoms with E-state index in [-0.39, 0.29) is 43.6 Å². The van der Waals surface area contributed by atoms with Crippen molar-refractivity contribution in [1.82, 2.24) is 0 Å². The Morgan fingerprint density at radius 1 is 1.48 bits per heavy atom. The second-order valence-corrected chi connectivity index (χ2v) is 6.14. The van der Waals surface area contributed by atoms with Crippen molar-refractivity contribution in [3.8, 4) is 0 Å². The summed E-state index contributed by atoms with van der Waals surface area (Å²) < 4.78 is 38.6. The van der Waals surface area contributed by atoms with Crippen LogP contribution in [0.4, 0.5) is 24.5 Å². The van der Waals surface area contributed by atoms with Gasteiger partial charge in [0.15, 0.2) is 0 Å². The zero-order valence-corrected chi connectivity index (χ0v) is 12.7. The molecule has 1 aliphatic carbocycles. The number of benzene rings is 1. The van der Waals surface area contributed by atoms with E-state index in [0.29, 0.717) is 5.56 Å². The van der Waals surface area contributed by atoms with Crippen LogP contribution in [0.1, 0.15) is 31.2 Å². The normalized spacial score (nSPS) is 25.2. The second-order valence-electron chi connectivity index (χ2n) is 6.14. The SMILES string of the molecule is Cc1cccc([N+](=O)[O-])c1NCC1(O)CCCC(C(F)(F)F)C1. The Hall–Kier alpha value is -1.83. The molecule has 2 atom stereocenters. The lowest BCUT2D eigenvalue weighted by Gasteiger charge is -2.37. The summed E-state index contributed by atoms with van der Waals surface area (Å²) >= 11 is 0. The fourth-order valence-corrected chi connectivity index (χ4v) is 3.07. The number of hydrogen-bond acceptors (Lipinski definition) is 4. The molecule has 0 amide bonds. The van der Waals surface area contributed by atoms with E-state index in [1.807, 2.05) is 0 Å². The van der Waals surface area contributed by atoms with Crippen molar-refractivity contribution >= 4 is 11.4 Å². The van der Waals surface area contributed by atoms with Gasteiger partial charge in [-0.25, -0.2) is 0 Å². The number of halogens is 3. The summed E-state index contributed by atoms with van der Waals surface area (Å²) in [7, 11) is 0. The molecule has 128 valence electrons. The Balaban J connectivity index is 2.13. The van der Waals surface area contributed by atoms with Crippen LogP contribution in [0, 0.1) is 23.0 Å². The molecular weight excluding hydrogens is 313 g/mol. The van der Waals surface area contributed by atoms with Crippen molar-refractivity contribution < 1.29 is 23.2 Å². The predicted molar refractivity (Wildman–Crippen MR) is 79.3 cm³/mol. The standard InChI is InChI=1S/C15H19F3N2O3/c1-10-4-2-6-12(20(22)23)13(10)19-9-14(21)7-3-5-11(8-14)15(16,17)18/h2,4,6,11,19,21H,3,5,7-9H2,1H3. The van der Waals surface area contributed by atoms with Crippen LogP contribution >= 0.6 is 0 Å². The summed E-state index contributed by atoms with van der Waals surface area (Å²) in [6, 6.07) is 4.52. The van der Waals surface area contributed by atoms with Gasteiger partial charge in [0.1, 0.15) is 5.69 Å². The molecular formula is C15H19F3N2O3. The van der Waals surface area contributed by atoms with E-state index in [1.165, 1.54) is 12.1 Å².